The van der Waals surface area contributed by atoms with Crippen molar-refractivity contribution in [3.05, 3.63) is 11.8 Å². The van der Waals surface area contributed by atoms with Crippen molar-refractivity contribution < 1.29 is 0 Å². The van der Waals surface area contributed by atoms with Crippen molar-refractivity contribution in [2.24, 2.45) is 23.7 Å². The van der Waals surface area contributed by atoms with Crippen LogP contribution < -0.4 is 0 Å². The first-order valence-corrected chi connectivity index (χ1v) is 9.63. The second-order valence-electron chi connectivity index (χ2n) is 8.16. The lowest BCUT2D eigenvalue weighted by molar-refractivity contribution is 0.349. The molecule has 20 heavy (non-hydrogen) atoms. The zero-order chi connectivity index (χ0) is 13.4. The number of fused-ring (bicyclic) bond motifs is 2. The standard InChI is InChI=1S/C20H32/c1-3-7-19-15(5-1)9-11-17(19)13-14-18-12-10-16-6-2-4-8-20(16)18/h15-18H,1-14H2. The van der Waals surface area contributed by atoms with E-state index in [0.717, 1.165) is 23.7 Å². The zero-order valence-corrected chi connectivity index (χ0v) is 13.2. The quantitative estimate of drug-likeness (QED) is 0.581. The molecule has 4 atom stereocenters. The van der Waals surface area contributed by atoms with E-state index in [0.29, 0.717) is 0 Å². The van der Waals surface area contributed by atoms with Gasteiger partial charge in [-0.1, -0.05) is 25.7 Å². The summed E-state index contributed by atoms with van der Waals surface area (Å²) in [6.07, 6.45) is 21.4. The molecule has 0 heterocycles. The van der Waals surface area contributed by atoms with Crippen molar-refractivity contribution >= 4 is 0 Å². The molecule has 0 N–H and O–H groups in total. The highest BCUT2D eigenvalue weighted by atomic mass is 14.5. The van der Waals surface area contributed by atoms with E-state index in [2.05, 4.69) is 0 Å². The minimum atomic E-state index is 1.04. The fourth-order valence-corrected chi connectivity index (χ4v) is 6.19. The molecule has 0 bridgehead atoms. The molecule has 0 aromatic rings. The molecule has 0 spiro atoms. The van der Waals surface area contributed by atoms with Crippen LogP contribution in [0.4, 0.5) is 0 Å². The van der Waals surface area contributed by atoms with Crippen LogP contribution in [0.5, 0.6) is 0 Å². The smallest absolute Gasteiger partial charge is 0.0179 e. The predicted molar refractivity (Wildman–Crippen MR) is 85.1 cm³/mol. The molecule has 0 nitrogen and oxygen atoms in total. The van der Waals surface area contributed by atoms with Crippen molar-refractivity contribution in [1.29, 1.82) is 0 Å². The van der Waals surface area contributed by atoms with E-state index in [1.807, 2.05) is 11.8 Å². The van der Waals surface area contributed by atoms with E-state index < -0.39 is 0 Å². The third-order valence-corrected chi connectivity index (χ3v) is 7.22. The summed E-state index contributed by atoms with van der Waals surface area (Å²) in [6, 6.07) is 0. The Morgan fingerprint density at radius 1 is 0.550 bits per heavy atom. The predicted octanol–water partition coefficient (Wildman–Crippen LogP) is 6.12. The molecule has 0 aromatic carbocycles. The molecule has 112 valence electrons. The molecule has 2 radical (unpaired) electrons. The van der Waals surface area contributed by atoms with Gasteiger partial charge in [0.25, 0.3) is 0 Å². The van der Waals surface area contributed by atoms with Crippen LogP contribution in [0, 0.1) is 35.5 Å². The highest BCUT2D eigenvalue weighted by molar-refractivity contribution is 5.12. The number of hydrogen-bond acceptors (Lipinski definition) is 0. The summed E-state index contributed by atoms with van der Waals surface area (Å²) in [5, 5.41) is 0. The second kappa shape index (κ2) is 6.01. The van der Waals surface area contributed by atoms with Gasteiger partial charge in [0.05, 0.1) is 0 Å². The van der Waals surface area contributed by atoms with Crippen LogP contribution in [0.25, 0.3) is 0 Å². The molecule has 0 aliphatic heterocycles. The van der Waals surface area contributed by atoms with Gasteiger partial charge in [0.2, 0.25) is 0 Å². The molecule has 4 aliphatic rings. The van der Waals surface area contributed by atoms with Gasteiger partial charge >= 0.3 is 0 Å². The number of hydrogen-bond donors (Lipinski definition) is 0. The largest absolute Gasteiger partial charge is 0.0530 e. The van der Waals surface area contributed by atoms with Crippen LogP contribution in [0.2, 0.25) is 0 Å². The topological polar surface area (TPSA) is 0 Å². The molecule has 0 aromatic heterocycles. The van der Waals surface area contributed by atoms with E-state index in [1.165, 1.54) is 51.4 Å². The van der Waals surface area contributed by atoms with Crippen LogP contribution in [-0.4, -0.2) is 0 Å². The summed E-state index contributed by atoms with van der Waals surface area (Å²) in [6.45, 7) is 0. The van der Waals surface area contributed by atoms with Crippen LogP contribution in [0.15, 0.2) is 0 Å². The Hall–Kier alpha value is 0. The summed E-state index contributed by atoms with van der Waals surface area (Å²) >= 11 is 0. The molecule has 4 unspecified atom stereocenters. The minimum Gasteiger partial charge on any atom is -0.0530 e. The maximum atomic E-state index is 2.03. The van der Waals surface area contributed by atoms with Crippen LogP contribution in [0.1, 0.15) is 89.9 Å². The SMILES string of the molecule is C1CCC2CCC(CCC3CCC4CCCC[C]43)[C]2C1. The molecule has 0 heteroatoms. The van der Waals surface area contributed by atoms with Crippen LogP contribution in [-0.2, 0) is 0 Å². The lowest BCUT2D eigenvalue weighted by Crippen LogP contribution is -2.20. The van der Waals surface area contributed by atoms with Crippen molar-refractivity contribution in [2.45, 2.75) is 89.9 Å². The van der Waals surface area contributed by atoms with E-state index >= 15 is 0 Å². The van der Waals surface area contributed by atoms with Crippen molar-refractivity contribution in [2.75, 3.05) is 0 Å². The highest BCUT2D eigenvalue weighted by Gasteiger charge is 2.40. The second-order valence-corrected chi connectivity index (χ2v) is 8.16. The number of rotatable bonds is 3. The maximum absolute atomic E-state index is 2.03. The fraction of sp³-hybridized carbons (Fsp3) is 0.900. The molecular formula is C20H32. The van der Waals surface area contributed by atoms with Gasteiger partial charge in [-0.2, -0.15) is 0 Å². The average molecular weight is 272 g/mol. The van der Waals surface area contributed by atoms with Gasteiger partial charge < -0.3 is 0 Å². The Morgan fingerprint density at radius 2 is 1.05 bits per heavy atom. The van der Waals surface area contributed by atoms with E-state index in [4.69, 9.17) is 0 Å². The van der Waals surface area contributed by atoms with Crippen LogP contribution in [0.3, 0.4) is 0 Å². The summed E-state index contributed by atoms with van der Waals surface area (Å²) in [5.41, 5.74) is 0. The molecule has 0 saturated heterocycles. The van der Waals surface area contributed by atoms with E-state index in [1.54, 1.807) is 38.5 Å². The average Bonchev–Trinajstić information content (AvgIpc) is 3.09. The molecule has 4 rings (SSSR count). The molecule has 4 aliphatic carbocycles. The van der Waals surface area contributed by atoms with Gasteiger partial charge in [-0.05, 0) is 99.7 Å². The first-order valence-electron chi connectivity index (χ1n) is 9.63. The Morgan fingerprint density at radius 3 is 1.55 bits per heavy atom. The Labute approximate surface area is 126 Å². The first kappa shape index (κ1) is 13.6. The van der Waals surface area contributed by atoms with Gasteiger partial charge in [0.15, 0.2) is 0 Å². The maximum Gasteiger partial charge on any atom is -0.0179 e. The normalized spacial score (nSPS) is 42.6. The molecule has 4 fully saturated rings. The van der Waals surface area contributed by atoms with Crippen LogP contribution >= 0.6 is 0 Å². The summed E-state index contributed by atoms with van der Waals surface area (Å²) < 4.78 is 0. The van der Waals surface area contributed by atoms with Crippen molar-refractivity contribution in [3.8, 4) is 0 Å². The van der Waals surface area contributed by atoms with Gasteiger partial charge in [-0.25, -0.2) is 0 Å². The summed E-state index contributed by atoms with van der Waals surface area (Å²) in [4.78, 5) is 0. The molecule has 0 amide bonds. The lowest BCUT2D eigenvalue weighted by Gasteiger charge is -2.31. The van der Waals surface area contributed by atoms with Gasteiger partial charge in [0, 0.05) is 0 Å². The summed E-state index contributed by atoms with van der Waals surface area (Å²) in [5.74, 6) is 8.27. The van der Waals surface area contributed by atoms with Gasteiger partial charge in [-0.15, -0.1) is 0 Å². The zero-order valence-electron chi connectivity index (χ0n) is 13.2. The van der Waals surface area contributed by atoms with E-state index in [9.17, 15) is 0 Å². The van der Waals surface area contributed by atoms with Gasteiger partial charge in [0.1, 0.15) is 0 Å². The molecular weight excluding hydrogens is 240 g/mol. The lowest BCUT2D eigenvalue weighted by atomic mass is 9.74. The van der Waals surface area contributed by atoms with Crippen molar-refractivity contribution in [3.63, 3.8) is 0 Å². The van der Waals surface area contributed by atoms with Crippen molar-refractivity contribution in [1.82, 2.24) is 0 Å². The fourth-order valence-electron chi connectivity index (χ4n) is 6.19. The highest BCUT2D eigenvalue weighted by Crippen LogP contribution is 2.52. The first-order chi connectivity index (χ1) is 9.92. The van der Waals surface area contributed by atoms with E-state index in [-0.39, 0.29) is 0 Å². The van der Waals surface area contributed by atoms with Gasteiger partial charge in [-0.3, -0.25) is 0 Å². The Kier molecular flexibility index (Phi) is 4.10. The third-order valence-electron chi connectivity index (χ3n) is 7.22. The minimum absolute atomic E-state index is 1.04. The molecule has 4 saturated carbocycles. The third kappa shape index (κ3) is 2.57. The summed E-state index contributed by atoms with van der Waals surface area (Å²) in [7, 11) is 0. The Balaban J connectivity index is 1.30. The Bertz CT molecular complexity index is 288. The monoisotopic (exact) mass is 272 g/mol.